The third-order valence-electron chi connectivity index (χ3n) is 2.05. The fourth-order valence-electron chi connectivity index (χ4n) is 1.62. The van der Waals surface area contributed by atoms with E-state index < -0.39 is 0 Å². The number of benzene rings is 1. The van der Waals surface area contributed by atoms with Crippen LogP contribution >= 0.6 is 0 Å². The fraction of sp³-hybridized carbons (Fsp3) is 0.273. The number of aryl methyl sites for hydroxylation is 2. The molecule has 1 aromatic heterocycles. The number of aromatic nitrogens is 2. The second kappa shape index (κ2) is 3.62. The maximum Gasteiger partial charge on any atom is 0.213 e. The van der Waals surface area contributed by atoms with Crippen molar-refractivity contribution in [1.29, 1.82) is 0 Å². The Morgan fingerprint density at radius 1 is 1.14 bits per heavy atom. The van der Waals surface area contributed by atoms with Gasteiger partial charge in [0.2, 0.25) is 6.39 Å². The molecule has 0 atom stereocenters. The summed E-state index contributed by atoms with van der Waals surface area (Å²) in [6, 6.07) is 6.44. The first-order chi connectivity index (χ1) is 6.74. The standard InChI is InChI=1S/C11H12N2O/c1-8-3-9(2)5-10(4-8)6-11-12-7-14-13-11/h3-5,7H,6H2,1-2H3. The van der Waals surface area contributed by atoms with Gasteiger partial charge in [-0.3, -0.25) is 0 Å². The average molecular weight is 188 g/mol. The van der Waals surface area contributed by atoms with Gasteiger partial charge in [-0.25, -0.2) is 0 Å². The molecule has 0 saturated heterocycles. The highest BCUT2D eigenvalue weighted by Gasteiger charge is 2.01. The van der Waals surface area contributed by atoms with Crippen molar-refractivity contribution in [3.05, 3.63) is 47.1 Å². The third-order valence-corrected chi connectivity index (χ3v) is 2.05. The van der Waals surface area contributed by atoms with Gasteiger partial charge in [0.15, 0.2) is 5.82 Å². The van der Waals surface area contributed by atoms with E-state index in [9.17, 15) is 0 Å². The number of hydrogen-bond donors (Lipinski definition) is 0. The van der Waals surface area contributed by atoms with E-state index in [0.29, 0.717) is 0 Å². The predicted molar refractivity (Wildman–Crippen MR) is 53.0 cm³/mol. The molecule has 0 aliphatic rings. The number of nitrogens with zero attached hydrogens (tertiary/aromatic N) is 2. The summed E-state index contributed by atoms with van der Waals surface area (Å²) in [4.78, 5) is 3.99. The summed E-state index contributed by atoms with van der Waals surface area (Å²) < 4.78 is 4.69. The summed E-state index contributed by atoms with van der Waals surface area (Å²) in [7, 11) is 0. The molecular formula is C11H12N2O. The second-order valence-corrected chi connectivity index (χ2v) is 3.52. The minimum atomic E-state index is 0.731. The van der Waals surface area contributed by atoms with Crippen LogP contribution in [-0.4, -0.2) is 10.1 Å². The molecule has 0 aliphatic heterocycles. The van der Waals surface area contributed by atoms with Gasteiger partial charge in [-0.1, -0.05) is 34.5 Å². The molecule has 0 fully saturated rings. The molecule has 3 nitrogen and oxygen atoms in total. The molecule has 0 radical (unpaired) electrons. The summed E-state index contributed by atoms with van der Waals surface area (Å²) in [5, 5.41) is 3.78. The highest BCUT2D eigenvalue weighted by molar-refractivity contribution is 5.30. The van der Waals surface area contributed by atoms with Crippen LogP contribution in [0.1, 0.15) is 22.5 Å². The molecule has 72 valence electrons. The van der Waals surface area contributed by atoms with Crippen molar-refractivity contribution in [2.45, 2.75) is 20.3 Å². The van der Waals surface area contributed by atoms with Crippen molar-refractivity contribution in [3.63, 3.8) is 0 Å². The van der Waals surface area contributed by atoms with Gasteiger partial charge in [-0.15, -0.1) is 0 Å². The van der Waals surface area contributed by atoms with Crippen molar-refractivity contribution in [1.82, 2.24) is 10.1 Å². The molecule has 2 rings (SSSR count). The van der Waals surface area contributed by atoms with Gasteiger partial charge in [0.25, 0.3) is 0 Å². The third kappa shape index (κ3) is 1.99. The molecule has 0 N–H and O–H groups in total. The van der Waals surface area contributed by atoms with E-state index in [1.54, 1.807) is 0 Å². The fourth-order valence-corrected chi connectivity index (χ4v) is 1.62. The Labute approximate surface area is 82.8 Å². The zero-order valence-corrected chi connectivity index (χ0v) is 8.32. The molecule has 2 aromatic rings. The largest absolute Gasteiger partial charge is 0.343 e. The lowest BCUT2D eigenvalue weighted by Gasteiger charge is -2.01. The number of hydrogen-bond acceptors (Lipinski definition) is 3. The molecule has 0 bridgehead atoms. The second-order valence-electron chi connectivity index (χ2n) is 3.52. The predicted octanol–water partition coefficient (Wildman–Crippen LogP) is 2.28. The first-order valence-corrected chi connectivity index (χ1v) is 4.56. The van der Waals surface area contributed by atoms with E-state index >= 15 is 0 Å². The summed E-state index contributed by atoms with van der Waals surface area (Å²) in [5.74, 6) is 0.731. The molecule has 1 heterocycles. The van der Waals surface area contributed by atoms with Crippen LogP contribution in [0.3, 0.4) is 0 Å². The summed E-state index contributed by atoms with van der Waals surface area (Å²) in [6.45, 7) is 4.18. The van der Waals surface area contributed by atoms with E-state index in [0.717, 1.165) is 12.2 Å². The van der Waals surface area contributed by atoms with Crippen LogP contribution in [0.2, 0.25) is 0 Å². The Kier molecular flexibility index (Phi) is 2.31. The van der Waals surface area contributed by atoms with E-state index in [1.165, 1.54) is 23.1 Å². The Morgan fingerprint density at radius 2 is 1.86 bits per heavy atom. The number of rotatable bonds is 2. The quantitative estimate of drug-likeness (QED) is 0.725. The van der Waals surface area contributed by atoms with E-state index in [1.807, 2.05) is 0 Å². The van der Waals surface area contributed by atoms with Crippen molar-refractivity contribution in [2.75, 3.05) is 0 Å². The van der Waals surface area contributed by atoms with Crippen LogP contribution in [0, 0.1) is 13.8 Å². The maximum absolute atomic E-state index is 4.69. The molecule has 1 aromatic carbocycles. The van der Waals surface area contributed by atoms with Crippen LogP contribution in [0.15, 0.2) is 29.1 Å². The van der Waals surface area contributed by atoms with Crippen LogP contribution in [0.4, 0.5) is 0 Å². The molecule has 0 saturated carbocycles. The molecule has 0 unspecified atom stereocenters. The van der Waals surface area contributed by atoms with Crippen molar-refractivity contribution >= 4 is 0 Å². The molecular weight excluding hydrogens is 176 g/mol. The van der Waals surface area contributed by atoms with Crippen molar-refractivity contribution in [3.8, 4) is 0 Å². The van der Waals surface area contributed by atoms with Gasteiger partial charge in [0, 0.05) is 6.42 Å². The topological polar surface area (TPSA) is 38.9 Å². The Hall–Kier alpha value is -1.64. The van der Waals surface area contributed by atoms with E-state index in [2.05, 4.69) is 46.7 Å². The lowest BCUT2D eigenvalue weighted by molar-refractivity contribution is 0.411. The SMILES string of the molecule is Cc1cc(C)cc(Cc2ncon2)c1. The summed E-state index contributed by atoms with van der Waals surface area (Å²) in [5.41, 5.74) is 3.76. The zero-order chi connectivity index (χ0) is 9.97. The minimum Gasteiger partial charge on any atom is -0.343 e. The van der Waals surface area contributed by atoms with E-state index in [4.69, 9.17) is 0 Å². The average Bonchev–Trinajstić information content (AvgIpc) is 2.54. The molecule has 0 spiro atoms. The zero-order valence-electron chi connectivity index (χ0n) is 8.32. The Balaban J connectivity index is 2.25. The molecule has 0 amide bonds. The monoisotopic (exact) mass is 188 g/mol. The van der Waals surface area contributed by atoms with Crippen LogP contribution in [0.5, 0.6) is 0 Å². The molecule has 0 aliphatic carbocycles. The van der Waals surface area contributed by atoms with Gasteiger partial charge in [-0.2, -0.15) is 4.98 Å². The Morgan fingerprint density at radius 3 is 2.43 bits per heavy atom. The molecule has 3 heteroatoms. The highest BCUT2D eigenvalue weighted by Crippen LogP contribution is 2.11. The maximum atomic E-state index is 4.69. The van der Waals surface area contributed by atoms with Gasteiger partial charge in [0.05, 0.1) is 0 Å². The van der Waals surface area contributed by atoms with Gasteiger partial charge in [0.1, 0.15) is 0 Å². The van der Waals surface area contributed by atoms with Crippen molar-refractivity contribution < 1.29 is 4.52 Å². The molecule has 14 heavy (non-hydrogen) atoms. The van der Waals surface area contributed by atoms with Gasteiger partial charge >= 0.3 is 0 Å². The lowest BCUT2D eigenvalue weighted by Crippen LogP contribution is -1.92. The van der Waals surface area contributed by atoms with Crippen LogP contribution in [-0.2, 0) is 6.42 Å². The van der Waals surface area contributed by atoms with Gasteiger partial charge in [-0.05, 0) is 19.4 Å². The summed E-state index contributed by atoms with van der Waals surface area (Å²) in [6.07, 6.45) is 2.09. The normalized spacial score (nSPS) is 10.4. The highest BCUT2D eigenvalue weighted by atomic mass is 16.5. The Bertz CT molecular complexity index is 401. The van der Waals surface area contributed by atoms with Gasteiger partial charge < -0.3 is 4.52 Å². The minimum absolute atomic E-state index is 0.731. The van der Waals surface area contributed by atoms with Crippen molar-refractivity contribution in [2.24, 2.45) is 0 Å². The lowest BCUT2D eigenvalue weighted by atomic mass is 10.1. The van der Waals surface area contributed by atoms with E-state index in [-0.39, 0.29) is 0 Å². The smallest absolute Gasteiger partial charge is 0.213 e. The first kappa shape index (κ1) is 8.94. The first-order valence-electron chi connectivity index (χ1n) is 4.56. The van der Waals surface area contributed by atoms with Crippen LogP contribution < -0.4 is 0 Å². The van der Waals surface area contributed by atoms with Crippen LogP contribution in [0.25, 0.3) is 0 Å². The summed E-state index contributed by atoms with van der Waals surface area (Å²) >= 11 is 0.